The van der Waals surface area contributed by atoms with E-state index in [0.29, 0.717) is 0 Å². The van der Waals surface area contributed by atoms with Crippen LogP contribution in [-0.2, 0) is 0 Å². The van der Waals surface area contributed by atoms with E-state index < -0.39 is 0 Å². The summed E-state index contributed by atoms with van der Waals surface area (Å²) < 4.78 is 0.889. The minimum Gasteiger partial charge on any atom is -1.00 e. The Bertz CT molecular complexity index is 163. The van der Waals surface area contributed by atoms with Gasteiger partial charge in [-0.1, -0.05) is 13.3 Å². The van der Waals surface area contributed by atoms with E-state index in [-0.39, 0.29) is 12.4 Å². The van der Waals surface area contributed by atoms with Gasteiger partial charge in [-0.2, -0.15) is 0 Å². The first-order valence-electron chi connectivity index (χ1n) is 4.34. The van der Waals surface area contributed by atoms with Crippen LogP contribution in [0.1, 0.15) is 26.2 Å². The lowest BCUT2D eigenvalue weighted by Gasteiger charge is -2.20. The summed E-state index contributed by atoms with van der Waals surface area (Å²) in [5, 5.41) is 0. The Morgan fingerprint density at radius 1 is 1.33 bits per heavy atom. The molecule has 3 heteroatoms. The number of hydrogen-bond acceptors (Lipinski definition) is 1. The van der Waals surface area contributed by atoms with Gasteiger partial charge in [0.05, 0.1) is 19.8 Å². The Hall–Kier alpha value is -0.340. The summed E-state index contributed by atoms with van der Waals surface area (Å²) in [5.41, 5.74) is 0. The molecule has 0 radical (unpaired) electrons. The van der Waals surface area contributed by atoms with E-state index in [0.717, 1.165) is 4.48 Å². The fourth-order valence-electron chi connectivity index (χ4n) is 1.25. The van der Waals surface area contributed by atoms with Crippen LogP contribution in [0.4, 0.5) is 0 Å². The Balaban J connectivity index is 0.00000121. The van der Waals surface area contributed by atoms with Crippen molar-refractivity contribution in [1.82, 2.24) is 0 Å². The highest BCUT2D eigenvalue weighted by molar-refractivity contribution is 5.50. The van der Waals surface area contributed by atoms with Crippen molar-refractivity contribution in [1.29, 1.82) is 0 Å². The monoisotopic (exact) mass is 188 g/mol. The first-order chi connectivity index (χ1) is 5.27. The smallest absolute Gasteiger partial charge is 0.194 e. The molecule has 1 unspecified atom stereocenters. The molecule has 1 atom stereocenters. The van der Waals surface area contributed by atoms with Crippen LogP contribution in [0.25, 0.3) is 0 Å². The molecule has 0 fully saturated rings. The zero-order valence-electron chi connectivity index (χ0n) is 7.83. The maximum atomic E-state index is 4.08. The average Bonchev–Trinajstić information content (AvgIpc) is 2.38. The first-order valence-corrected chi connectivity index (χ1v) is 4.34. The fraction of sp³-hybridized carbons (Fsp3) is 0.667. The Kier molecular flexibility index (Phi) is 5.18. The van der Waals surface area contributed by atoms with E-state index in [1.165, 1.54) is 25.8 Å². The van der Waals surface area contributed by atoms with Crippen LogP contribution >= 0.6 is 0 Å². The predicted octanol–water partition coefficient (Wildman–Crippen LogP) is -0.860. The summed E-state index contributed by atoms with van der Waals surface area (Å²) in [4.78, 5) is 4.08. The van der Waals surface area contributed by atoms with Crippen LogP contribution in [0, 0.1) is 0 Å². The Morgan fingerprint density at radius 2 is 2.08 bits per heavy atom. The number of hydrogen-bond donors (Lipinski definition) is 0. The molecule has 1 aliphatic heterocycles. The van der Waals surface area contributed by atoms with Gasteiger partial charge in [0.2, 0.25) is 0 Å². The molecule has 0 N–H and O–H groups in total. The minimum absolute atomic E-state index is 0. The second kappa shape index (κ2) is 5.33. The minimum atomic E-state index is 0. The van der Waals surface area contributed by atoms with Crippen LogP contribution in [0.5, 0.6) is 0 Å². The largest absolute Gasteiger partial charge is 1.00 e. The SMILES string of the molecule is CCCCC[N+]1(C)C=CN=C1.[Cl-]. The van der Waals surface area contributed by atoms with E-state index in [1.807, 2.05) is 12.5 Å². The summed E-state index contributed by atoms with van der Waals surface area (Å²) in [6.45, 7) is 3.42. The molecule has 0 saturated carbocycles. The maximum Gasteiger partial charge on any atom is 0.194 e. The number of quaternary nitrogens is 1. The number of halogens is 1. The molecule has 0 bridgehead atoms. The molecule has 0 aliphatic carbocycles. The number of rotatable bonds is 4. The van der Waals surface area contributed by atoms with Crippen LogP contribution in [0.2, 0.25) is 0 Å². The Labute approximate surface area is 81.0 Å². The quantitative estimate of drug-likeness (QED) is 0.402. The van der Waals surface area contributed by atoms with Crippen LogP contribution in [-0.4, -0.2) is 24.4 Å². The molecule has 1 rings (SSSR count). The van der Waals surface area contributed by atoms with Crippen LogP contribution in [0.3, 0.4) is 0 Å². The molecule has 0 aromatic rings. The first kappa shape index (κ1) is 11.7. The molecule has 0 aromatic heterocycles. The van der Waals surface area contributed by atoms with E-state index in [9.17, 15) is 0 Å². The van der Waals surface area contributed by atoms with Crippen molar-refractivity contribution < 1.29 is 16.9 Å². The van der Waals surface area contributed by atoms with Gasteiger partial charge in [0.1, 0.15) is 6.20 Å². The van der Waals surface area contributed by atoms with Crippen molar-refractivity contribution >= 4 is 6.34 Å². The summed E-state index contributed by atoms with van der Waals surface area (Å²) in [5.74, 6) is 0. The van der Waals surface area contributed by atoms with Crippen molar-refractivity contribution in [3.63, 3.8) is 0 Å². The van der Waals surface area contributed by atoms with E-state index in [2.05, 4.69) is 25.2 Å². The zero-order chi connectivity index (χ0) is 8.16. The van der Waals surface area contributed by atoms with Gasteiger partial charge in [0.15, 0.2) is 6.34 Å². The second-order valence-electron chi connectivity index (χ2n) is 3.34. The maximum absolute atomic E-state index is 4.08. The molecule has 0 spiro atoms. The number of nitrogens with zero attached hydrogens (tertiary/aromatic N) is 2. The van der Waals surface area contributed by atoms with E-state index >= 15 is 0 Å². The summed E-state index contributed by atoms with van der Waals surface area (Å²) >= 11 is 0. The molecule has 1 heterocycles. The lowest BCUT2D eigenvalue weighted by atomic mass is 10.2. The molecular formula is C9H17ClN2. The van der Waals surface area contributed by atoms with Crippen molar-refractivity contribution in [3.8, 4) is 0 Å². The zero-order valence-corrected chi connectivity index (χ0v) is 8.59. The molecule has 0 amide bonds. The summed E-state index contributed by atoms with van der Waals surface area (Å²) in [7, 11) is 2.18. The third-order valence-corrected chi connectivity index (χ3v) is 2.07. The number of unbranched alkanes of at least 4 members (excludes halogenated alkanes) is 2. The van der Waals surface area contributed by atoms with Crippen molar-refractivity contribution in [2.75, 3.05) is 13.6 Å². The highest BCUT2D eigenvalue weighted by Gasteiger charge is 2.17. The van der Waals surface area contributed by atoms with Crippen molar-refractivity contribution in [3.05, 3.63) is 12.4 Å². The Morgan fingerprint density at radius 3 is 2.58 bits per heavy atom. The number of aliphatic imine (C=N–C) groups is 1. The molecule has 70 valence electrons. The highest BCUT2D eigenvalue weighted by Crippen LogP contribution is 2.09. The predicted molar refractivity (Wildman–Crippen MR) is 48.2 cm³/mol. The average molecular weight is 189 g/mol. The molecular weight excluding hydrogens is 172 g/mol. The molecule has 0 saturated heterocycles. The molecule has 12 heavy (non-hydrogen) atoms. The third kappa shape index (κ3) is 3.37. The van der Waals surface area contributed by atoms with Gasteiger partial charge in [-0.05, 0) is 12.8 Å². The van der Waals surface area contributed by atoms with Gasteiger partial charge in [0.25, 0.3) is 0 Å². The van der Waals surface area contributed by atoms with Crippen molar-refractivity contribution in [2.45, 2.75) is 26.2 Å². The van der Waals surface area contributed by atoms with Gasteiger partial charge in [0, 0.05) is 0 Å². The molecule has 2 nitrogen and oxygen atoms in total. The third-order valence-electron chi connectivity index (χ3n) is 2.07. The molecule has 0 aromatic carbocycles. The lowest BCUT2D eigenvalue weighted by molar-refractivity contribution is -0.756. The van der Waals surface area contributed by atoms with Gasteiger partial charge < -0.3 is 12.4 Å². The standard InChI is InChI=1S/C9H17N2.ClH/c1-3-4-5-7-11(2)8-6-10-9-11;/h6,8-9H,3-5,7H2,1-2H3;1H/q+1;/p-1. The van der Waals surface area contributed by atoms with E-state index in [4.69, 9.17) is 0 Å². The van der Waals surface area contributed by atoms with Crippen LogP contribution < -0.4 is 12.4 Å². The van der Waals surface area contributed by atoms with Gasteiger partial charge >= 0.3 is 0 Å². The normalized spacial score (nSPS) is 25.8. The molecule has 1 aliphatic rings. The van der Waals surface area contributed by atoms with Gasteiger partial charge in [-0.15, -0.1) is 0 Å². The fourth-order valence-corrected chi connectivity index (χ4v) is 1.25. The highest BCUT2D eigenvalue weighted by atomic mass is 35.5. The van der Waals surface area contributed by atoms with Crippen molar-refractivity contribution in [2.24, 2.45) is 4.99 Å². The van der Waals surface area contributed by atoms with Crippen LogP contribution in [0.15, 0.2) is 17.4 Å². The topological polar surface area (TPSA) is 12.4 Å². The summed E-state index contributed by atoms with van der Waals surface area (Å²) in [6.07, 6.45) is 9.93. The van der Waals surface area contributed by atoms with Gasteiger partial charge in [-0.25, -0.2) is 4.99 Å². The second-order valence-corrected chi connectivity index (χ2v) is 3.34. The lowest BCUT2D eigenvalue weighted by Crippen LogP contribution is -3.00. The van der Waals surface area contributed by atoms with Gasteiger partial charge in [-0.3, -0.25) is 4.48 Å². The summed E-state index contributed by atoms with van der Waals surface area (Å²) in [6, 6.07) is 0. The van der Waals surface area contributed by atoms with E-state index in [1.54, 1.807) is 0 Å².